The van der Waals surface area contributed by atoms with Crippen molar-refractivity contribution in [3.63, 3.8) is 0 Å². The molecule has 0 bridgehead atoms. The Labute approximate surface area is 252 Å². The standard InChI is InChI=1S/C34H39N5O4/c1-23-12-24(13-31(41-2)32(23)42-3)19-37-8-10-38(11-9-37)28-16-34(17-28)21-39(22-34)27-5-4-26(20-40)30(15-27)43-29-14-25-6-7-35-33(25)36-18-29/h4-7,12-15,18,20,28H,8-11,16-17,19,21-22H2,1-3H3,(H,35,36). The Hall–Kier alpha value is -4.08. The maximum absolute atomic E-state index is 11.7. The highest BCUT2D eigenvalue weighted by Gasteiger charge is 2.54. The molecule has 2 saturated heterocycles. The van der Waals surface area contributed by atoms with Gasteiger partial charge >= 0.3 is 0 Å². The quantitative estimate of drug-likeness (QED) is 0.268. The van der Waals surface area contributed by atoms with Crippen LogP contribution in [-0.4, -0.2) is 85.6 Å². The molecule has 1 spiro atoms. The number of methoxy groups -OCH3 is 2. The van der Waals surface area contributed by atoms with Crippen LogP contribution >= 0.6 is 0 Å². The smallest absolute Gasteiger partial charge is 0.163 e. The van der Waals surface area contributed by atoms with Crippen LogP contribution in [0, 0.1) is 12.3 Å². The first-order valence-electron chi connectivity index (χ1n) is 15.1. The van der Waals surface area contributed by atoms with E-state index < -0.39 is 0 Å². The van der Waals surface area contributed by atoms with Crippen molar-refractivity contribution < 1.29 is 19.0 Å². The van der Waals surface area contributed by atoms with Gasteiger partial charge < -0.3 is 24.1 Å². The Morgan fingerprint density at radius 2 is 1.81 bits per heavy atom. The Kier molecular flexibility index (Phi) is 7.23. The maximum Gasteiger partial charge on any atom is 0.163 e. The topological polar surface area (TPSA) is 83.2 Å². The van der Waals surface area contributed by atoms with Crippen LogP contribution in [0.15, 0.2) is 54.9 Å². The molecule has 1 saturated carbocycles. The molecule has 0 amide bonds. The summed E-state index contributed by atoms with van der Waals surface area (Å²) in [6, 6.07) is 14.8. The van der Waals surface area contributed by atoms with E-state index >= 15 is 0 Å². The molecule has 4 heterocycles. The number of rotatable bonds is 9. The number of carbonyl (C=O) groups excluding carboxylic acids is 1. The zero-order valence-corrected chi connectivity index (χ0v) is 25.1. The van der Waals surface area contributed by atoms with Crippen LogP contribution in [0.5, 0.6) is 23.0 Å². The lowest BCUT2D eigenvalue weighted by atomic mass is 9.60. The third-order valence-electron chi connectivity index (χ3n) is 9.54. The number of pyridine rings is 1. The first-order chi connectivity index (χ1) is 21.0. The molecule has 43 heavy (non-hydrogen) atoms. The lowest BCUT2D eigenvalue weighted by molar-refractivity contribution is -0.0380. The molecule has 1 aliphatic carbocycles. The highest BCUT2D eigenvalue weighted by molar-refractivity contribution is 5.82. The fourth-order valence-electron chi connectivity index (χ4n) is 7.27. The number of carbonyl (C=O) groups is 1. The van der Waals surface area contributed by atoms with Crippen molar-refractivity contribution in [1.82, 2.24) is 19.8 Å². The molecule has 3 aliphatic rings. The predicted octanol–water partition coefficient (Wildman–Crippen LogP) is 5.28. The van der Waals surface area contributed by atoms with Gasteiger partial charge in [-0.2, -0.15) is 0 Å². The van der Waals surface area contributed by atoms with Crippen LogP contribution in [-0.2, 0) is 6.54 Å². The minimum absolute atomic E-state index is 0.409. The molecule has 0 unspecified atom stereocenters. The summed E-state index contributed by atoms with van der Waals surface area (Å²) in [4.78, 5) is 26.9. The van der Waals surface area contributed by atoms with Gasteiger partial charge in [-0.3, -0.25) is 14.6 Å². The third-order valence-corrected chi connectivity index (χ3v) is 9.54. The molecule has 2 aromatic carbocycles. The molecular weight excluding hydrogens is 542 g/mol. The van der Waals surface area contributed by atoms with Gasteiger partial charge in [0.25, 0.3) is 0 Å². The number of nitrogens with zero attached hydrogens (tertiary/aromatic N) is 4. The molecule has 9 nitrogen and oxygen atoms in total. The van der Waals surface area contributed by atoms with Gasteiger partial charge in [-0.1, -0.05) is 6.07 Å². The van der Waals surface area contributed by atoms with E-state index in [1.807, 2.05) is 36.5 Å². The van der Waals surface area contributed by atoms with Crippen molar-refractivity contribution in [3.8, 4) is 23.0 Å². The van der Waals surface area contributed by atoms with Crippen molar-refractivity contribution in [2.75, 3.05) is 58.4 Å². The molecular formula is C34H39N5O4. The predicted molar refractivity (Wildman–Crippen MR) is 167 cm³/mol. The van der Waals surface area contributed by atoms with Gasteiger partial charge in [0.15, 0.2) is 17.8 Å². The summed E-state index contributed by atoms with van der Waals surface area (Å²) in [5.41, 5.74) is 5.25. The second-order valence-electron chi connectivity index (χ2n) is 12.4. The lowest BCUT2D eigenvalue weighted by Gasteiger charge is -2.62. The SMILES string of the molecule is COc1cc(CN2CCN(C3CC4(C3)CN(c3ccc(C=O)c(Oc5cnc6[nH]ccc6c5)c3)C4)CC2)cc(C)c1OC. The van der Waals surface area contributed by atoms with Crippen molar-refractivity contribution in [1.29, 1.82) is 0 Å². The zero-order valence-electron chi connectivity index (χ0n) is 25.1. The number of hydrogen-bond acceptors (Lipinski definition) is 8. The molecule has 7 rings (SSSR count). The molecule has 4 aromatic rings. The van der Waals surface area contributed by atoms with Crippen LogP contribution in [0.4, 0.5) is 5.69 Å². The van der Waals surface area contributed by atoms with Crippen LogP contribution in [0.25, 0.3) is 11.0 Å². The van der Waals surface area contributed by atoms with Gasteiger partial charge in [0.1, 0.15) is 17.1 Å². The second kappa shape index (κ2) is 11.2. The highest BCUT2D eigenvalue weighted by Crippen LogP contribution is 2.52. The normalized spacial score (nSPS) is 18.8. The number of fused-ring (bicyclic) bond motifs is 1. The summed E-state index contributed by atoms with van der Waals surface area (Å²) in [7, 11) is 3.39. The summed E-state index contributed by atoms with van der Waals surface area (Å²) < 4.78 is 17.2. The van der Waals surface area contributed by atoms with Crippen LogP contribution in [0.2, 0.25) is 0 Å². The van der Waals surface area contributed by atoms with E-state index in [0.29, 0.717) is 28.5 Å². The number of hydrogen-bond donors (Lipinski definition) is 1. The first-order valence-corrected chi connectivity index (χ1v) is 15.1. The van der Waals surface area contributed by atoms with Crippen LogP contribution < -0.4 is 19.1 Å². The van der Waals surface area contributed by atoms with Gasteiger partial charge in [0.2, 0.25) is 0 Å². The summed E-state index contributed by atoms with van der Waals surface area (Å²) in [5, 5.41) is 0.972. The van der Waals surface area contributed by atoms with Crippen molar-refractivity contribution in [3.05, 3.63) is 71.5 Å². The van der Waals surface area contributed by atoms with E-state index in [9.17, 15) is 4.79 Å². The van der Waals surface area contributed by atoms with E-state index in [0.717, 1.165) is 85.9 Å². The molecule has 3 fully saturated rings. The fraction of sp³-hybridized carbons (Fsp3) is 0.412. The summed E-state index contributed by atoms with van der Waals surface area (Å²) in [6.45, 7) is 9.53. The summed E-state index contributed by atoms with van der Waals surface area (Å²) in [5.74, 6) is 2.81. The van der Waals surface area contributed by atoms with Crippen molar-refractivity contribution in [2.45, 2.75) is 32.4 Å². The zero-order chi connectivity index (χ0) is 29.6. The number of benzene rings is 2. The van der Waals surface area contributed by atoms with E-state index in [-0.39, 0.29) is 0 Å². The molecule has 2 aromatic heterocycles. The minimum Gasteiger partial charge on any atom is -0.493 e. The number of aryl methyl sites for hydroxylation is 1. The van der Waals surface area contributed by atoms with Gasteiger partial charge in [-0.25, -0.2) is 4.98 Å². The monoisotopic (exact) mass is 581 g/mol. The van der Waals surface area contributed by atoms with E-state index in [4.69, 9.17) is 14.2 Å². The first kappa shape index (κ1) is 27.7. The number of aromatic nitrogens is 2. The van der Waals surface area contributed by atoms with Crippen LogP contribution in [0.1, 0.15) is 34.3 Å². The third kappa shape index (κ3) is 5.32. The molecule has 0 radical (unpaired) electrons. The van der Waals surface area contributed by atoms with E-state index in [1.54, 1.807) is 20.4 Å². The maximum atomic E-state index is 11.7. The number of ether oxygens (including phenoxy) is 3. The number of nitrogens with one attached hydrogen (secondary N) is 1. The Bertz CT molecular complexity index is 1630. The Balaban J connectivity index is 0.912. The van der Waals surface area contributed by atoms with Crippen molar-refractivity contribution in [2.24, 2.45) is 5.41 Å². The van der Waals surface area contributed by atoms with E-state index in [2.05, 4.69) is 43.7 Å². The Morgan fingerprint density at radius 3 is 2.56 bits per heavy atom. The van der Waals surface area contributed by atoms with E-state index in [1.165, 1.54) is 18.4 Å². The van der Waals surface area contributed by atoms with Gasteiger partial charge in [0, 0.05) is 80.6 Å². The average molecular weight is 582 g/mol. The Morgan fingerprint density at radius 1 is 1.00 bits per heavy atom. The molecule has 9 heteroatoms. The molecule has 1 N–H and O–H groups in total. The number of anilines is 1. The lowest BCUT2D eigenvalue weighted by Crippen LogP contribution is -2.68. The van der Waals surface area contributed by atoms with Gasteiger partial charge in [-0.15, -0.1) is 0 Å². The van der Waals surface area contributed by atoms with Crippen LogP contribution in [0.3, 0.4) is 0 Å². The van der Waals surface area contributed by atoms with Crippen molar-refractivity contribution >= 4 is 23.0 Å². The summed E-state index contributed by atoms with van der Waals surface area (Å²) in [6.07, 6.45) is 6.91. The van der Waals surface area contributed by atoms with Gasteiger partial charge in [0.05, 0.1) is 26.0 Å². The molecule has 2 aliphatic heterocycles. The number of aldehydes is 1. The summed E-state index contributed by atoms with van der Waals surface area (Å²) >= 11 is 0. The number of piperazine rings is 1. The number of aromatic amines is 1. The van der Waals surface area contributed by atoms with Gasteiger partial charge in [-0.05, 0) is 61.2 Å². The minimum atomic E-state index is 0.409. The largest absolute Gasteiger partial charge is 0.493 e. The average Bonchev–Trinajstić information content (AvgIpc) is 3.44. The number of H-pyrrole nitrogens is 1. The fourth-order valence-corrected chi connectivity index (χ4v) is 7.27. The second-order valence-corrected chi connectivity index (χ2v) is 12.4. The highest BCUT2D eigenvalue weighted by atomic mass is 16.5. The molecule has 0 atom stereocenters. The molecule has 224 valence electrons.